The molecule has 0 aliphatic carbocycles. The minimum Gasteiger partial charge on any atom is -0.395 e. The number of hydrogen-bond donors (Lipinski definition) is 2. The number of aliphatic hydroxyl groups excluding tert-OH is 1. The Kier molecular flexibility index (Phi) is 7.11. The Morgan fingerprint density at radius 3 is 2.21 bits per heavy atom. The second-order valence-corrected chi connectivity index (χ2v) is 5.77. The van der Waals surface area contributed by atoms with Crippen LogP contribution in [0, 0.1) is 5.92 Å². The van der Waals surface area contributed by atoms with Gasteiger partial charge >= 0.3 is 0 Å². The molecule has 2 unspecified atom stereocenters. The van der Waals surface area contributed by atoms with Crippen molar-refractivity contribution in [1.29, 1.82) is 0 Å². The molecule has 1 rings (SSSR count). The van der Waals surface area contributed by atoms with Gasteiger partial charge in [-0.2, -0.15) is 0 Å². The maximum absolute atomic E-state index is 9.37. The summed E-state index contributed by atoms with van der Waals surface area (Å²) in [5, 5.41) is 12.9. The minimum absolute atomic E-state index is 0.162. The molecule has 1 aromatic carbocycles. The minimum atomic E-state index is 0.162. The Morgan fingerprint density at radius 1 is 1.11 bits per heavy atom. The number of nitrogens with one attached hydrogen (secondary N) is 1. The lowest BCUT2D eigenvalue weighted by Crippen LogP contribution is -2.38. The van der Waals surface area contributed by atoms with Crippen LogP contribution in [0.25, 0.3) is 0 Å². The van der Waals surface area contributed by atoms with Gasteiger partial charge < -0.3 is 10.4 Å². The predicted molar refractivity (Wildman–Crippen MR) is 82.3 cm³/mol. The number of aryl methyl sites for hydroxylation is 1. The molecule has 19 heavy (non-hydrogen) atoms. The standard InChI is InChI=1S/C17H29NO/c1-5-6-7-15-8-10-16(11-9-15)14(4)18-17(12-19)13(2)3/h8-11,13-14,17-19H,5-7,12H2,1-4H3. The van der Waals surface area contributed by atoms with Crippen LogP contribution in [0.5, 0.6) is 0 Å². The fourth-order valence-electron chi connectivity index (χ4n) is 2.23. The molecule has 0 fully saturated rings. The summed E-state index contributed by atoms with van der Waals surface area (Å²) in [6.45, 7) is 8.84. The molecule has 0 heterocycles. The molecule has 0 spiro atoms. The van der Waals surface area contributed by atoms with Crippen molar-refractivity contribution >= 4 is 0 Å². The van der Waals surface area contributed by atoms with Crippen LogP contribution in [-0.4, -0.2) is 17.8 Å². The van der Waals surface area contributed by atoms with E-state index in [-0.39, 0.29) is 18.7 Å². The van der Waals surface area contributed by atoms with E-state index < -0.39 is 0 Å². The summed E-state index contributed by atoms with van der Waals surface area (Å²) < 4.78 is 0. The van der Waals surface area contributed by atoms with E-state index in [0.717, 1.165) is 0 Å². The Bertz CT molecular complexity index is 345. The second kappa shape index (κ2) is 8.34. The third-order valence-electron chi connectivity index (χ3n) is 3.76. The van der Waals surface area contributed by atoms with Crippen LogP contribution in [0.4, 0.5) is 0 Å². The molecule has 2 heteroatoms. The highest BCUT2D eigenvalue weighted by atomic mass is 16.3. The third kappa shape index (κ3) is 5.33. The summed E-state index contributed by atoms with van der Waals surface area (Å²) >= 11 is 0. The molecule has 0 aromatic heterocycles. The van der Waals surface area contributed by atoms with Crippen LogP contribution in [0.1, 0.15) is 57.7 Å². The van der Waals surface area contributed by atoms with E-state index >= 15 is 0 Å². The summed E-state index contributed by atoms with van der Waals surface area (Å²) in [5.74, 6) is 0.441. The van der Waals surface area contributed by atoms with E-state index in [2.05, 4.69) is 57.3 Å². The Labute approximate surface area is 118 Å². The van der Waals surface area contributed by atoms with E-state index in [9.17, 15) is 5.11 Å². The lowest BCUT2D eigenvalue weighted by Gasteiger charge is -2.25. The highest BCUT2D eigenvalue weighted by Crippen LogP contribution is 2.16. The monoisotopic (exact) mass is 263 g/mol. The van der Waals surface area contributed by atoms with Crippen LogP contribution < -0.4 is 5.32 Å². The average molecular weight is 263 g/mol. The SMILES string of the molecule is CCCCc1ccc(C(C)NC(CO)C(C)C)cc1. The van der Waals surface area contributed by atoms with Gasteiger partial charge in [-0.25, -0.2) is 0 Å². The highest BCUT2D eigenvalue weighted by Gasteiger charge is 2.15. The van der Waals surface area contributed by atoms with Crippen molar-refractivity contribution in [3.63, 3.8) is 0 Å². The van der Waals surface area contributed by atoms with Crippen molar-refractivity contribution in [2.75, 3.05) is 6.61 Å². The van der Waals surface area contributed by atoms with Crippen LogP contribution in [-0.2, 0) is 6.42 Å². The summed E-state index contributed by atoms with van der Waals surface area (Å²) in [6, 6.07) is 9.31. The first-order valence-electron chi connectivity index (χ1n) is 7.54. The van der Waals surface area contributed by atoms with E-state index in [1.54, 1.807) is 0 Å². The van der Waals surface area contributed by atoms with Crippen molar-refractivity contribution in [3.8, 4) is 0 Å². The number of aliphatic hydroxyl groups is 1. The zero-order valence-corrected chi connectivity index (χ0v) is 12.8. The quantitative estimate of drug-likeness (QED) is 0.749. The molecular weight excluding hydrogens is 234 g/mol. The molecule has 2 atom stereocenters. The normalized spacial score (nSPS) is 14.6. The van der Waals surface area contributed by atoms with Crippen molar-refractivity contribution in [2.24, 2.45) is 5.92 Å². The number of unbranched alkanes of at least 4 members (excludes halogenated alkanes) is 1. The summed E-state index contributed by atoms with van der Waals surface area (Å²) in [5.41, 5.74) is 2.71. The molecule has 1 aromatic rings. The predicted octanol–water partition coefficient (Wildman–Crippen LogP) is 3.70. The van der Waals surface area contributed by atoms with Crippen LogP contribution in [0.15, 0.2) is 24.3 Å². The van der Waals surface area contributed by atoms with Gasteiger partial charge in [-0.05, 0) is 36.8 Å². The van der Waals surface area contributed by atoms with Gasteiger partial charge in [0.2, 0.25) is 0 Å². The maximum atomic E-state index is 9.37. The number of rotatable bonds is 8. The number of hydrogen-bond acceptors (Lipinski definition) is 2. The smallest absolute Gasteiger partial charge is 0.0587 e. The first kappa shape index (κ1) is 16.2. The van der Waals surface area contributed by atoms with Gasteiger partial charge in [-0.15, -0.1) is 0 Å². The molecule has 0 aliphatic heterocycles. The molecule has 0 amide bonds. The molecular formula is C17H29NO. The third-order valence-corrected chi connectivity index (χ3v) is 3.76. The molecule has 0 saturated heterocycles. The van der Waals surface area contributed by atoms with E-state index in [4.69, 9.17) is 0 Å². The number of benzene rings is 1. The molecule has 2 nitrogen and oxygen atoms in total. The first-order valence-corrected chi connectivity index (χ1v) is 7.54. The Hall–Kier alpha value is -0.860. The van der Waals surface area contributed by atoms with Crippen LogP contribution >= 0.6 is 0 Å². The van der Waals surface area contributed by atoms with Crippen molar-refractivity contribution in [3.05, 3.63) is 35.4 Å². The molecule has 0 radical (unpaired) electrons. The van der Waals surface area contributed by atoms with E-state index in [0.29, 0.717) is 5.92 Å². The fourth-order valence-corrected chi connectivity index (χ4v) is 2.23. The maximum Gasteiger partial charge on any atom is 0.0587 e. The summed E-state index contributed by atoms with van der Waals surface area (Å²) in [4.78, 5) is 0. The molecule has 0 saturated carbocycles. The van der Waals surface area contributed by atoms with Crippen LogP contribution in [0.2, 0.25) is 0 Å². The lowest BCUT2D eigenvalue weighted by molar-refractivity contribution is 0.201. The lowest BCUT2D eigenvalue weighted by atomic mass is 10.00. The zero-order chi connectivity index (χ0) is 14.3. The Morgan fingerprint density at radius 2 is 1.74 bits per heavy atom. The fraction of sp³-hybridized carbons (Fsp3) is 0.647. The summed E-state index contributed by atoms with van der Waals surface area (Å²) in [7, 11) is 0. The van der Waals surface area contributed by atoms with Gasteiger partial charge in [0, 0.05) is 12.1 Å². The van der Waals surface area contributed by atoms with Gasteiger partial charge in [0.1, 0.15) is 0 Å². The highest BCUT2D eigenvalue weighted by molar-refractivity contribution is 5.25. The van der Waals surface area contributed by atoms with Gasteiger partial charge in [0.15, 0.2) is 0 Å². The van der Waals surface area contributed by atoms with Crippen LogP contribution in [0.3, 0.4) is 0 Å². The average Bonchev–Trinajstić information content (AvgIpc) is 2.42. The Balaban J connectivity index is 2.59. The van der Waals surface area contributed by atoms with Gasteiger partial charge in [-0.1, -0.05) is 51.5 Å². The topological polar surface area (TPSA) is 32.3 Å². The second-order valence-electron chi connectivity index (χ2n) is 5.77. The van der Waals surface area contributed by atoms with Gasteiger partial charge in [-0.3, -0.25) is 0 Å². The first-order chi connectivity index (χ1) is 9.08. The van der Waals surface area contributed by atoms with Crippen molar-refractivity contribution in [2.45, 2.75) is 59.0 Å². The molecule has 2 N–H and O–H groups in total. The molecule has 0 bridgehead atoms. The van der Waals surface area contributed by atoms with Crippen molar-refractivity contribution < 1.29 is 5.11 Å². The van der Waals surface area contributed by atoms with E-state index in [1.165, 1.54) is 30.4 Å². The zero-order valence-electron chi connectivity index (χ0n) is 12.8. The van der Waals surface area contributed by atoms with Crippen molar-refractivity contribution in [1.82, 2.24) is 5.32 Å². The largest absolute Gasteiger partial charge is 0.395 e. The van der Waals surface area contributed by atoms with Gasteiger partial charge in [0.25, 0.3) is 0 Å². The van der Waals surface area contributed by atoms with E-state index in [1.807, 2.05) is 0 Å². The summed E-state index contributed by atoms with van der Waals surface area (Å²) in [6.07, 6.45) is 3.67. The molecule has 0 aliphatic rings. The van der Waals surface area contributed by atoms with Gasteiger partial charge in [0.05, 0.1) is 6.61 Å². The molecule has 108 valence electrons.